The Kier molecular flexibility index (Phi) is 8.56. The first-order valence-electron chi connectivity index (χ1n) is 7.57. The van der Waals surface area contributed by atoms with E-state index in [-0.39, 0.29) is 0 Å². The molecular formula is C19H26. The molecule has 0 aliphatic carbocycles. The lowest BCUT2D eigenvalue weighted by atomic mass is 10.00. The molecule has 0 aliphatic heterocycles. The van der Waals surface area contributed by atoms with Crippen LogP contribution in [-0.4, -0.2) is 0 Å². The zero-order valence-electron chi connectivity index (χ0n) is 12.4. The first kappa shape index (κ1) is 15.6. The van der Waals surface area contributed by atoms with Crippen LogP contribution in [0.25, 0.3) is 0 Å². The molecule has 0 aromatic heterocycles. The van der Waals surface area contributed by atoms with Crippen molar-refractivity contribution in [2.75, 3.05) is 0 Å². The minimum Gasteiger partial charge on any atom is -0.0985 e. The van der Waals surface area contributed by atoms with Gasteiger partial charge in [0.2, 0.25) is 0 Å². The summed E-state index contributed by atoms with van der Waals surface area (Å²) in [6.07, 6.45) is 10.3. The van der Waals surface area contributed by atoms with Gasteiger partial charge in [-0.1, -0.05) is 74.4 Å². The summed E-state index contributed by atoms with van der Waals surface area (Å²) in [6.45, 7) is 4.45. The molecule has 0 aliphatic rings. The smallest absolute Gasteiger partial charge is 0.00921 e. The summed E-state index contributed by atoms with van der Waals surface area (Å²) in [4.78, 5) is 0. The van der Waals surface area contributed by atoms with Gasteiger partial charge in [-0.15, -0.1) is 0 Å². The third-order valence-corrected chi connectivity index (χ3v) is 3.16. The molecular weight excluding hydrogens is 228 g/mol. The molecule has 0 bridgehead atoms. The molecule has 0 radical (unpaired) electrons. The summed E-state index contributed by atoms with van der Waals surface area (Å²) in [7, 11) is 0. The van der Waals surface area contributed by atoms with Crippen LogP contribution in [0.1, 0.15) is 57.9 Å². The van der Waals surface area contributed by atoms with Crippen molar-refractivity contribution in [2.45, 2.75) is 58.8 Å². The average Bonchev–Trinajstić information content (AvgIpc) is 2.45. The fourth-order valence-corrected chi connectivity index (χ4v) is 1.96. The molecule has 1 aromatic rings. The zero-order valence-corrected chi connectivity index (χ0v) is 12.4. The molecule has 1 rings (SSSR count). The molecule has 0 saturated heterocycles. The van der Waals surface area contributed by atoms with Gasteiger partial charge in [0, 0.05) is 6.42 Å². The van der Waals surface area contributed by atoms with E-state index >= 15 is 0 Å². The topological polar surface area (TPSA) is 0 Å². The lowest BCUT2D eigenvalue weighted by Gasteiger charge is -2.05. The number of hydrogen-bond acceptors (Lipinski definition) is 0. The van der Waals surface area contributed by atoms with Gasteiger partial charge in [-0.25, -0.2) is 0 Å². The van der Waals surface area contributed by atoms with Crippen LogP contribution in [0.4, 0.5) is 0 Å². The van der Waals surface area contributed by atoms with Crippen molar-refractivity contribution >= 4 is 0 Å². The summed E-state index contributed by atoms with van der Waals surface area (Å²) in [5.41, 5.74) is 2.86. The summed E-state index contributed by atoms with van der Waals surface area (Å²) in [6, 6.07) is 10.7. The molecule has 0 N–H and O–H groups in total. The number of rotatable bonds is 7. The zero-order chi connectivity index (χ0) is 13.8. The van der Waals surface area contributed by atoms with Crippen molar-refractivity contribution in [3.05, 3.63) is 47.5 Å². The van der Waals surface area contributed by atoms with Gasteiger partial charge in [0.15, 0.2) is 0 Å². The Morgan fingerprint density at radius 2 is 1.79 bits per heavy atom. The molecule has 1 aromatic carbocycles. The number of hydrogen-bond donors (Lipinski definition) is 0. The van der Waals surface area contributed by atoms with Crippen LogP contribution in [0.15, 0.2) is 42.0 Å². The Morgan fingerprint density at radius 3 is 2.47 bits per heavy atom. The number of unbranched alkanes of at least 4 members (excludes halogenated alkanes) is 3. The quantitative estimate of drug-likeness (QED) is 0.443. The summed E-state index contributed by atoms with van der Waals surface area (Å²) in [5, 5.41) is 0. The van der Waals surface area contributed by atoms with E-state index < -0.39 is 0 Å². The molecule has 0 spiro atoms. The van der Waals surface area contributed by atoms with E-state index in [9.17, 15) is 0 Å². The van der Waals surface area contributed by atoms with E-state index in [1.54, 1.807) is 0 Å². The first-order chi connectivity index (χ1) is 9.36. The van der Waals surface area contributed by atoms with Crippen LogP contribution in [0.5, 0.6) is 0 Å². The van der Waals surface area contributed by atoms with Crippen molar-refractivity contribution in [1.29, 1.82) is 0 Å². The Morgan fingerprint density at radius 1 is 1.05 bits per heavy atom. The largest absolute Gasteiger partial charge is 0.0985 e. The lowest BCUT2D eigenvalue weighted by molar-refractivity contribution is 0.772. The summed E-state index contributed by atoms with van der Waals surface area (Å²) < 4.78 is 0. The average molecular weight is 254 g/mol. The minimum absolute atomic E-state index is 1.03. The van der Waals surface area contributed by atoms with E-state index in [1.165, 1.54) is 43.2 Å². The second-order valence-corrected chi connectivity index (χ2v) is 4.99. The van der Waals surface area contributed by atoms with Gasteiger partial charge < -0.3 is 0 Å². The lowest BCUT2D eigenvalue weighted by Crippen LogP contribution is -1.91. The molecule has 0 atom stereocenters. The Hall–Kier alpha value is -1.48. The second kappa shape index (κ2) is 10.4. The summed E-state index contributed by atoms with van der Waals surface area (Å²) in [5.74, 6) is 6.49. The van der Waals surface area contributed by atoms with Crippen LogP contribution >= 0.6 is 0 Å². The first-order valence-corrected chi connectivity index (χ1v) is 7.57. The highest BCUT2D eigenvalue weighted by atomic mass is 14.0. The number of allylic oxidation sites excluding steroid dienone is 2. The fourth-order valence-electron chi connectivity index (χ4n) is 1.96. The maximum Gasteiger partial charge on any atom is 0.00921 e. The van der Waals surface area contributed by atoms with Crippen LogP contribution in [0, 0.1) is 11.8 Å². The third kappa shape index (κ3) is 7.52. The van der Waals surface area contributed by atoms with Gasteiger partial charge in [0.1, 0.15) is 0 Å². The van der Waals surface area contributed by atoms with Crippen molar-refractivity contribution in [1.82, 2.24) is 0 Å². The van der Waals surface area contributed by atoms with Gasteiger partial charge in [0.05, 0.1) is 0 Å². The molecule has 19 heavy (non-hydrogen) atoms. The molecule has 0 saturated carbocycles. The Labute approximate surface area is 118 Å². The monoisotopic (exact) mass is 254 g/mol. The third-order valence-electron chi connectivity index (χ3n) is 3.16. The van der Waals surface area contributed by atoms with Gasteiger partial charge in [0.25, 0.3) is 0 Å². The predicted molar refractivity (Wildman–Crippen MR) is 85.1 cm³/mol. The number of benzene rings is 1. The molecule has 0 fully saturated rings. The maximum atomic E-state index is 3.25. The highest BCUT2D eigenvalue weighted by Crippen LogP contribution is 2.14. The van der Waals surface area contributed by atoms with Crippen molar-refractivity contribution < 1.29 is 0 Å². The van der Waals surface area contributed by atoms with Crippen LogP contribution in [0.2, 0.25) is 0 Å². The predicted octanol–water partition coefficient (Wildman–Crippen LogP) is 5.54. The van der Waals surface area contributed by atoms with Crippen molar-refractivity contribution in [3.8, 4) is 11.8 Å². The standard InChI is InChI=1S/C19H26/c1-3-5-7-8-10-14-18(13-6-4-2)17-19-15-11-9-12-16-19/h9,11-12,14-16H,3-7,13,17H2,1-2H3/b18-14+. The van der Waals surface area contributed by atoms with E-state index in [1.807, 2.05) is 0 Å². The summed E-state index contributed by atoms with van der Waals surface area (Å²) >= 11 is 0. The second-order valence-electron chi connectivity index (χ2n) is 4.99. The SMILES string of the molecule is CCCCC#C/C=C(\CCCC)Cc1ccccc1. The molecule has 0 amide bonds. The molecule has 0 unspecified atom stereocenters. The fraction of sp³-hybridized carbons (Fsp3) is 0.474. The molecule has 0 nitrogen and oxygen atoms in total. The van der Waals surface area contributed by atoms with Gasteiger partial charge in [-0.3, -0.25) is 0 Å². The maximum absolute atomic E-state index is 3.25. The van der Waals surface area contributed by atoms with Crippen molar-refractivity contribution in [2.24, 2.45) is 0 Å². The van der Waals surface area contributed by atoms with Crippen LogP contribution in [0.3, 0.4) is 0 Å². The highest BCUT2D eigenvalue weighted by Gasteiger charge is 1.98. The Bertz CT molecular complexity index is 414. The van der Waals surface area contributed by atoms with Crippen molar-refractivity contribution in [3.63, 3.8) is 0 Å². The van der Waals surface area contributed by atoms with E-state index in [0.717, 1.165) is 12.8 Å². The van der Waals surface area contributed by atoms with E-state index in [4.69, 9.17) is 0 Å². The van der Waals surface area contributed by atoms with Crippen LogP contribution < -0.4 is 0 Å². The van der Waals surface area contributed by atoms with Gasteiger partial charge >= 0.3 is 0 Å². The normalized spacial score (nSPS) is 10.9. The molecule has 0 heterocycles. The van der Waals surface area contributed by atoms with Crippen LogP contribution in [-0.2, 0) is 6.42 Å². The molecule has 102 valence electrons. The molecule has 0 heteroatoms. The van der Waals surface area contributed by atoms with E-state index in [2.05, 4.69) is 62.1 Å². The minimum atomic E-state index is 1.03. The van der Waals surface area contributed by atoms with Gasteiger partial charge in [-0.05, 0) is 37.3 Å². The Balaban J connectivity index is 2.59. The van der Waals surface area contributed by atoms with E-state index in [0.29, 0.717) is 0 Å². The highest BCUT2D eigenvalue weighted by molar-refractivity contribution is 5.27. The van der Waals surface area contributed by atoms with Gasteiger partial charge in [-0.2, -0.15) is 0 Å².